The van der Waals surface area contributed by atoms with Gasteiger partial charge in [-0.1, -0.05) is 18.2 Å². The molecule has 2 rings (SSSR count). The van der Waals surface area contributed by atoms with Gasteiger partial charge in [-0.05, 0) is 26.0 Å². The molecule has 0 amide bonds. The monoisotopic (exact) mass is 247 g/mol. The Bertz CT molecular complexity index is 461. The van der Waals surface area contributed by atoms with Crippen molar-refractivity contribution in [1.29, 1.82) is 0 Å². The minimum atomic E-state index is -0.457. The molecule has 0 unspecified atom stereocenters. The van der Waals surface area contributed by atoms with E-state index in [4.69, 9.17) is 13.9 Å². The Kier molecular flexibility index (Phi) is 4.50. The first-order valence-corrected chi connectivity index (χ1v) is 6.09. The molecule has 0 fully saturated rings. The lowest BCUT2D eigenvalue weighted by Gasteiger charge is -2.13. The van der Waals surface area contributed by atoms with E-state index >= 15 is 0 Å². The number of aromatic nitrogens is 1. The Morgan fingerprint density at radius 3 is 2.39 bits per heavy atom. The molecule has 0 saturated carbocycles. The molecule has 0 bridgehead atoms. The Morgan fingerprint density at radius 2 is 1.78 bits per heavy atom. The number of benzene rings is 1. The molecule has 0 atom stereocenters. The summed E-state index contributed by atoms with van der Waals surface area (Å²) < 4.78 is 16.4. The van der Waals surface area contributed by atoms with Crippen molar-refractivity contribution >= 4 is 0 Å². The van der Waals surface area contributed by atoms with E-state index in [0.717, 1.165) is 5.56 Å². The zero-order valence-electron chi connectivity index (χ0n) is 10.6. The van der Waals surface area contributed by atoms with Gasteiger partial charge >= 0.3 is 0 Å². The number of rotatable bonds is 6. The molecule has 0 N–H and O–H groups in total. The van der Waals surface area contributed by atoms with Crippen LogP contribution in [0.3, 0.4) is 0 Å². The standard InChI is InChI=1S/C14H17NO3/c1-3-16-14(17-4-2)12-10-18-13(15-12)11-8-6-5-7-9-11/h5-10,14H,3-4H2,1-2H3. The number of hydrogen-bond donors (Lipinski definition) is 0. The van der Waals surface area contributed by atoms with E-state index in [1.54, 1.807) is 6.26 Å². The fraction of sp³-hybridized carbons (Fsp3) is 0.357. The van der Waals surface area contributed by atoms with Crippen molar-refractivity contribution in [2.45, 2.75) is 20.1 Å². The van der Waals surface area contributed by atoms with Gasteiger partial charge in [0.1, 0.15) is 12.0 Å². The molecule has 0 aliphatic heterocycles. The summed E-state index contributed by atoms with van der Waals surface area (Å²) in [5.41, 5.74) is 1.60. The average Bonchev–Trinajstić information content (AvgIpc) is 2.89. The Morgan fingerprint density at radius 1 is 1.11 bits per heavy atom. The molecule has 1 heterocycles. The highest BCUT2D eigenvalue weighted by Gasteiger charge is 2.17. The van der Waals surface area contributed by atoms with Gasteiger partial charge in [-0.2, -0.15) is 0 Å². The van der Waals surface area contributed by atoms with Crippen molar-refractivity contribution in [3.8, 4) is 11.5 Å². The van der Waals surface area contributed by atoms with Crippen LogP contribution < -0.4 is 0 Å². The highest BCUT2D eigenvalue weighted by Crippen LogP contribution is 2.23. The van der Waals surface area contributed by atoms with Crippen LogP contribution in [0.4, 0.5) is 0 Å². The summed E-state index contributed by atoms with van der Waals surface area (Å²) in [6.45, 7) is 4.98. The molecule has 4 heteroatoms. The second-order valence-corrected chi connectivity index (χ2v) is 3.69. The summed E-state index contributed by atoms with van der Waals surface area (Å²) in [4.78, 5) is 4.40. The molecule has 2 aromatic rings. The van der Waals surface area contributed by atoms with Crippen LogP contribution >= 0.6 is 0 Å². The lowest BCUT2D eigenvalue weighted by molar-refractivity contribution is -0.142. The van der Waals surface area contributed by atoms with E-state index in [2.05, 4.69) is 4.98 Å². The average molecular weight is 247 g/mol. The molecule has 1 aromatic heterocycles. The van der Waals surface area contributed by atoms with Gasteiger partial charge in [0.2, 0.25) is 12.2 Å². The Labute approximate surface area is 107 Å². The van der Waals surface area contributed by atoms with Crippen molar-refractivity contribution in [1.82, 2.24) is 4.98 Å². The molecule has 96 valence electrons. The molecule has 4 nitrogen and oxygen atoms in total. The molecule has 0 saturated heterocycles. The lowest BCUT2D eigenvalue weighted by atomic mass is 10.2. The van der Waals surface area contributed by atoms with E-state index in [9.17, 15) is 0 Å². The Balaban J connectivity index is 2.18. The van der Waals surface area contributed by atoms with Crippen molar-refractivity contribution < 1.29 is 13.9 Å². The minimum absolute atomic E-state index is 0.457. The first kappa shape index (κ1) is 12.8. The predicted octanol–water partition coefficient (Wildman–Crippen LogP) is 3.41. The first-order chi connectivity index (χ1) is 8.85. The fourth-order valence-corrected chi connectivity index (χ4v) is 1.63. The van der Waals surface area contributed by atoms with Gasteiger partial charge < -0.3 is 13.9 Å². The zero-order valence-corrected chi connectivity index (χ0v) is 10.6. The maximum Gasteiger partial charge on any atom is 0.226 e. The third-order valence-corrected chi connectivity index (χ3v) is 2.42. The third kappa shape index (κ3) is 2.97. The van der Waals surface area contributed by atoms with Gasteiger partial charge in [0.15, 0.2) is 0 Å². The summed E-state index contributed by atoms with van der Waals surface area (Å²) in [5.74, 6) is 0.579. The second-order valence-electron chi connectivity index (χ2n) is 3.69. The predicted molar refractivity (Wildman–Crippen MR) is 67.9 cm³/mol. The van der Waals surface area contributed by atoms with E-state index in [1.807, 2.05) is 44.2 Å². The smallest absolute Gasteiger partial charge is 0.226 e. The molecular formula is C14H17NO3. The molecule has 18 heavy (non-hydrogen) atoms. The van der Waals surface area contributed by atoms with Crippen LogP contribution in [0.15, 0.2) is 41.0 Å². The van der Waals surface area contributed by atoms with E-state index in [1.165, 1.54) is 0 Å². The number of ether oxygens (including phenoxy) is 2. The molecular weight excluding hydrogens is 230 g/mol. The van der Waals surface area contributed by atoms with Crippen molar-refractivity contribution in [3.05, 3.63) is 42.3 Å². The van der Waals surface area contributed by atoms with Gasteiger partial charge in [0.05, 0.1) is 0 Å². The van der Waals surface area contributed by atoms with Crippen LogP contribution in [0.25, 0.3) is 11.5 Å². The van der Waals surface area contributed by atoms with Crippen LogP contribution in [-0.4, -0.2) is 18.2 Å². The first-order valence-electron chi connectivity index (χ1n) is 6.09. The maximum atomic E-state index is 5.47. The number of nitrogens with zero attached hydrogens (tertiary/aromatic N) is 1. The maximum absolute atomic E-state index is 5.47. The van der Waals surface area contributed by atoms with Crippen LogP contribution in [0.5, 0.6) is 0 Å². The van der Waals surface area contributed by atoms with Gasteiger partial charge in [-0.15, -0.1) is 0 Å². The second kappa shape index (κ2) is 6.33. The number of hydrogen-bond acceptors (Lipinski definition) is 4. The highest BCUT2D eigenvalue weighted by atomic mass is 16.7. The van der Waals surface area contributed by atoms with Crippen LogP contribution in [0.1, 0.15) is 25.8 Å². The third-order valence-electron chi connectivity index (χ3n) is 2.42. The van der Waals surface area contributed by atoms with E-state index in [-0.39, 0.29) is 0 Å². The SMILES string of the molecule is CCOC(OCC)c1coc(-c2ccccc2)n1. The Hall–Kier alpha value is -1.65. The minimum Gasteiger partial charge on any atom is -0.444 e. The van der Waals surface area contributed by atoms with Crippen molar-refractivity contribution in [2.24, 2.45) is 0 Å². The van der Waals surface area contributed by atoms with E-state index < -0.39 is 6.29 Å². The summed E-state index contributed by atoms with van der Waals surface area (Å²) in [5, 5.41) is 0. The van der Waals surface area contributed by atoms with Crippen molar-refractivity contribution in [2.75, 3.05) is 13.2 Å². The van der Waals surface area contributed by atoms with Gasteiger partial charge in [0, 0.05) is 18.8 Å². The molecule has 1 aromatic carbocycles. The van der Waals surface area contributed by atoms with Gasteiger partial charge in [0.25, 0.3) is 0 Å². The normalized spacial score (nSPS) is 11.1. The molecule has 0 radical (unpaired) electrons. The molecule has 0 aliphatic carbocycles. The summed E-state index contributed by atoms with van der Waals surface area (Å²) in [6, 6.07) is 9.75. The lowest BCUT2D eigenvalue weighted by Crippen LogP contribution is -2.09. The van der Waals surface area contributed by atoms with Crippen LogP contribution in [0, 0.1) is 0 Å². The van der Waals surface area contributed by atoms with Gasteiger partial charge in [-0.25, -0.2) is 4.98 Å². The topological polar surface area (TPSA) is 44.5 Å². The van der Waals surface area contributed by atoms with Crippen molar-refractivity contribution in [3.63, 3.8) is 0 Å². The molecule has 0 spiro atoms. The summed E-state index contributed by atoms with van der Waals surface area (Å²) >= 11 is 0. The van der Waals surface area contributed by atoms with Gasteiger partial charge in [-0.3, -0.25) is 0 Å². The largest absolute Gasteiger partial charge is 0.444 e. The van der Waals surface area contributed by atoms with Crippen LogP contribution in [-0.2, 0) is 9.47 Å². The highest BCUT2D eigenvalue weighted by molar-refractivity contribution is 5.52. The number of oxazole rings is 1. The fourth-order valence-electron chi connectivity index (χ4n) is 1.63. The molecule has 0 aliphatic rings. The summed E-state index contributed by atoms with van der Waals surface area (Å²) in [7, 11) is 0. The van der Waals surface area contributed by atoms with Crippen LogP contribution in [0.2, 0.25) is 0 Å². The summed E-state index contributed by atoms with van der Waals surface area (Å²) in [6.07, 6.45) is 1.12. The quantitative estimate of drug-likeness (QED) is 0.734. The van der Waals surface area contributed by atoms with E-state index in [0.29, 0.717) is 24.8 Å². The zero-order chi connectivity index (χ0) is 12.8.